The van der Waals surface area contributed by atoms with Gasteiger partial charge in [-0.25, -0.2) is 4.39 Å². The Bertz CT molecular complexity index is 464. The average Bonchev–Trinajstić information content (AvgIpc) is 2.45. The maximum absolute atomic E-state index is 13.5. The van der Waals surface area contributed by atoms with Crippen LogP contribution in [0.1, 0.15) is 0 Å². The number of rotatable bonds is 2. The molecule has 0 saturated carbocycles. The highest BCUT2D eigenvalue weighted by Crippen LogP contribution is 2.25. The molecule has 0 atom stereocenters. The molecule has 74 valence electrons. The Balaban J connectivity index is 2.73. The molecule has 2 aromatic rings. The number of hydrogen-bond donors (Lipinski definition) is 1. The molecular formula is C10H10BrFN2. The van der Waals surface area contributed by atoms with Gasteiger partial charge in [0.2, 0.25) is 0 Å². The summed E-state index contributed by atoms with van der Waals surface area (Å²) in [6.07, 6.45) is 0. The van der Waals surface area contributed by atoms with E-state index in [1.807, 2.05) is 16.7 Å². The first-order chi connectivity index (χ1) is 6.74. The molecule has 4 heteroatoms. The van der Waals surface area contributed by atoms with Gasteiger partial charge in [-0.15, -0.1) is 0 Å². The van der Waals surface area contributed by atoms with Gasteiger partial charge >= 0.3 is 0 Å². The molecule has 2 nitrogen and oxygen atoms in total. The minimum Gasteiger partial charge on any atom is -0.332 e. The summed E-state index contributed by atoms with van der Waals surface area (Å²) in [7, 11) is 0. The Morgan fingerprint density at radius 3 is 2.93 bits per heavy atom. The lowest BCUT2D eigenvalue weighted by Gasteiger charge is -2.05. The van der Waals surface area contributed by atoms with Gasteiger partial charge in [0.25, 0.3) is 0 Å². The molecule has 2 N–H and O–H groups in total. The van der Waals surface area contributed by atoms with Crippen LogP contribution < -0.4 is 5.73 Å². The Labute approximate surface area is 89.6 Å². The van der Waals surface area contributed by atoms with Crippen molar-refractivity contribution in [2.45, 2.75) is 6.54 Å². The van der Waals surface area contributed by atoms with Crippen molar-refractivity contribution in [3.05, 3.63) is 34.7 Å². The Kier molecular flexibility index (Phi) is 2.56. The zero-order valence-electron chi connectivity index (χ0n) is 7.50. The topological polar surface area (TPSA) is 30.9 Å². The molecule has 0 spiro atoms. The number of fused-ring (bicyclic) bond motifs is 1. The molecular weight excluding hydrogens is 247 g/mol. The quantitative estimate of drug-likeness (QED) is 0.880. The van der Waals surface area contributed by atoms with E-state index in [4.69, 9.17) is 5.73 Å². The van der Waals surface area contributed by atoms with E-state index >= 15 is 0 Å². The summed E-state index contributed by atoms with van der Waals surface area (Å²) in [6.45, 7) is 1.11. The van der Waals surface area contributed by atoms with E-state index in [9.17, 15) is 4.39 Å². The second kappa shape index (κ2) is 3.71. The molecule has 0 aliphatic heterocycles. The van der Waals surface area contributed by atoms with E-state index in [0.29, 0.717) is 18.6 Å². The van der Waals surface area contributed by atoms with Crippen molar-refractivity contribution in [2.75, 3.05) is 6.54 Å². The third-order valence-corrected chi connectivity index (χ3v) is 2.83. The number of halogens is 2. The maximum Gasteiger partial charge on any atom is 0.147 e. The standard InChI is InChI=1S/C10H10BrFN2/c11-9-6-7-2-1-3-8(12)10(7)14(9)5-4-13/h1-3,6H,4-5,13H2. The van der Waals surface area contributed by atoms with Gasteiger partial charge in [-0.05, 0) is 28.1 Å². The number of benzene rings is 1. The lowest BCUT2D eigenvalue weighted by Crippen LogP contribution is -2.10. The first-order valence-electron chi connectivity index (χ1n) is 4.37. The highest BCUT2D eigenvalue weighted by Gasteiger charge is 2.09. The number of hydrogen-bond acceptors (Lipinski definition) is 1. The Morgan fingerprint density at radius 1 is 1.43 bits per heavy atom. The summed E-state index contributed by atoms with van der Waals surface area (Å²) in [5, 5.41) is 0.894. The first kappa shape index (κ1) is 9.68. The van der Waals surface area contributed by atoms with E-state index in [-0.39, 0.29) is 5.82 Å². The molecule has 0 bridgehead atoms. The number of aromatic nitrogens is 1. The molecule has 0 radical (unpaired) electrons. The fraction of sp³-hybridized carbons (Fsp3) is 0.200. The van der Waals surface area contributed by atoms with Crippen molar-refractivity contribution in [3.8, 4) is 0 Å². The molecule has 14 heavy (non-hydrogen) atoms. The monoisotopic (exact) mass is 256 g/mol. The molecule has 1 aromatic heterocycles. The summed E-state index contributed by atoms with van der Waals surface area (Å²) < 4.78 is 16.2. The average molecular weight is 257 g/mol. The lowest BCUT2D eigenvalue weighted by molar-refractivity contribution is 0.620. The molecule has 0 amide bonds. The predicted molar refractivity (Wildman–Crippen MR) is 58.7 cm³/mol. The minimum absolute atomic E-state index is 0.207. The summed E-state index contributed by atoms with van der Waals surface area (Å²) in [4.78, 5) is 0. The highest BCUT2D eigenvalue weighted by molar-refractivity contribution is 9.10. The van der Waals surface area contributed by atoms with Crippen LogP contribution in [0.5, 0.6) is 0 Å². The molecule has 1 heterocycles. The summed E-state index contributed by atoms with van der Waals surface area (Å²) in [6, 6.07) is 6.95. The molecule has 0 fully saturated rings. The number of para-hydroxylation sites is 1. The van der Waals surface area contributed by atoms with Crippen LogP contribution in [0, 0.1) is 5.82 Å². The second-order valence-electron chi connectivity index (χ2n) is 3.09. The third kappa shape index (κ3) is 1.44. The van der Waals surface area contributed by atoms with Crippen molar-refractivity contribution in [1.29, 1.82) is 0 Å². The van der Waals surface area contributed by atoms with Gasteiger partial charge in [0, 0.05) is 18.5 Å². The van der Waals surface area contributed by atoms with Crippen LogP contribution in [0.15, 0.2) is 28.9 Å². The van der Waals surface area contributed by atoms with Crippen LogP contribution in [-0.4, -0.2) is 11.1 Å². The van der Waals surface area contributed by atoms with Gasteiger partial charge in [-0.1, -0.05) is 12.1 Å². The van der Waals surface area contributed by atoms with E-state index in [2.05, 4.69) is 15.9 Å². The molecule has 0 saturated heterocycles. The number of nitrogens with two attached hydrogens (primary N) is 1. The summed E-state index contributed by atoms with van der Waals surface area (Å²) >= 11 is 3.39. The predicted octanol–water partition coefficient (Wildman–Crippen LogP) is 2.50. The van der Waals surface area contributed by atoms with E-state index in [0.717, 1.165) is 9.99 Å². The number of nitrogens with zero attached hydrogens (tertiary/aromatic N) is 1. The van der Waals surface area contributed by atoms with Crippen LogP contribution in [0.3, 0.4) is 0 Å². The van der Waals surface area contributed by atoms with Crippen LogP contribution in [0.2, 0.25) is 0 Å². The van der Waals surface area contributed by atoms with Gasteiger partial charge in [-0.3, -0.25) is 0 Å². The fourth-order valence-corrected chi connectivity index (χ4v) is 2.20. The van der Waals surface area contributed by atoms with Crippen molar-refractivity contribution in [1.82, 2.24) is 4.57 Å². The first-order valence-corrected chi connectivity index (χ1v) is 5.16. The zero-order valence-corrected chi connectivity index (χ0v) is 9.09. The minimum atomic E-state index is -0.207. The maximum atomic E-state index is 13.5. The van der Waals surface area contributed by atoms with Gasteiger partial charge in [0.05, 0.1) is 10.1 Å². The summed E-state index contributed by atoms with van der Waals surface area (Å²) in [5.74, 6) is -0.207. The molecule has 1 aromatic carbocycles. The lowest BCUT2D eigenvalue weighted by atomic mass is 10.2. The third-order valence-electron chi connectivity index (χ3n) is 2.17. The Morgan fingerprint density at radius 2 is 2.21 bits per heavy atom. The second-order valence-corrected chi connectivity index (χ2v) is 3.90. The van der Waals surface area contributed by atoms with Crippen LogP contribution in [0.25, 0.3) is 10.9 Å². The SMILES string of the molecule is NCCn1c(Br)cc2cccc(F)c21. The fourth-order valence-electron chi connectivity index (χ4n) is 1.59. The molecule has 0 aliphatic carbocycles. The van der Waals surface area contributed by atoms with Gasteiger partial charge in [0.1, 0.15) is 5.82 Å². The van der Waals surface area contributed by atoms with Crippen LogP contribution in [-0.2, 0) is 6.54 Å². The van der Waals surface area contributed by atoms with Crippen molar-refractivity contribution in [2.24, 2.45) is 5.73 Å². The van der Waals surface area contributed by atoms with E-state index in [1.54, 1.807) is 6.07 Å². The largest absolute Gasteiger partial charge is 0.332 e. The van der Waals surface area contributed by atoms with Gasteiger partial charge in [0.15, 0.2) is 0 Å². The van der Waals surface area contributed by atoms with E-state index < -0.39 is 0 Å². The van der Waals surface area contributed by atoms with Crippen molar-refractivity contribution in [3.63, 3.8) is 0 Å². The van der Waals surface area contributed by atoms with Crippen LogP contribution in [0.4, 0.5) is 4.39 Å². The van der Waals surface area contributed by atoms with Crippen molar-refractivity contribution < 1.29 is 4.39 Å². The zero-order chi connectivity index (χ0) is 10.1. The Hall–Kier alpha value is -0.870. The normalized spacial score (nSPS) is 11.1. The molecule has 0 unspecified atom stereocenters. The van der Waals surface area contributed by atoms with Crippen molar-refractivity contribution >= 4 is 26.8 Å². The molecule has 2 rings (SSSR count). The van der Waals surface area contributed by atoms with Gasteiger partial charge in [-0.2, -0.15) is 0 Å². The molecule has 0 aliphatic rings. The van der Waals surface area contributed by atoms with E-state index in [1.165, 1.54) is 6.07 Å². The smallest absolute Gasteiger partial charge is 0.147 e. The summed E-state index contributed by atoms with van der Waals surface area (Å²) in [5.41, 5.74) is 6.08. The van der Waals surface area contributed by atoms with Crippen LogP contribution >= 0.6 is 15.9 Å². The highest BCUT2D eigenvalue weighted by atomic mass is 79.9. The van der Waals surface area contributed by atoms with Gasteiger partial charge < -0.3 is 10.3 Å².